The lowest BCUT2D eigenvalue weighted by atomic mass is 9.95. The molecule has 0 saturated carbocycles. The highest BCUT2D eigenvalue weighted by molar-refractivity contribution is 5.93. The first kappa shape index (κ1) is 13.5. The van der Waals surface area contributed by atoms with Gasteiger partial charge in [-0.15, -0.1) is 0 Å². The topological polar surface area (TPSA) is 3.88 Å². The molecule has 116 valence electrons. The summed E-state index contributed by atoms with van der Waals surface area (Å²) in [5, 5.41) is 2.28. The molecule has 0 atom stereocenters. The van der Waals surface area contributed by atoms with E-state index in [0.29, 0.717) is 6.04 Å². The highest BCUT2D eigenvalue weighted by Crippen LogP contribution is 2.30. The SMILES string of the molecule is [2H]c1ccc2c(-c3ccc(-c4ccccc4)cc3C)[n+](C)ccc2c1. The lowest BCUT2D eigenvalue weighted by Gasteiger charge is -2.10. The molecule has 4 aromatic rings. The van der Waals surface area contributed by atoms with Gasteiger partial charge < -0.3 is 0 Å². The van der Waals surface area contributed by atoms with Gasteiger partial charge in [0.2, 0.25) is 5.69 Å². The molecule has 0 aliphatic rings. The summed E-state index contributed by atoms with van der Waals surface area (Å²) in [5.74, 6) is 0. The standard InChI is InChI=1S/C23H20N/c1-17-16-20(18-8-4-3-5-9-18)12-13-21(17)23-22-11-7-6-10-19(22)14-15-24(23)2/h3-16H,1-2H3/q+1/i6D. The van der Waals surface area contributed by atoms with Crippen molar-refractivity contribution in [2.75, 3.05) is 0 Å². The normalized spacial score (nSPS) is 11.5. The molecule has 0 saturated heterocycles. The van der Waals surface area contributed by atoms with Crippen molar-refractivity contribution in [3.05, 3.63) is 90.6 Å². The van der Waals surface area contributed by atoms with E-state index in [4.69, 9.17) is 1.37 Å². The molecule has 0 radical (unpaired) electrons. The molecule has 1 nitrogen and oxygen atoms in total. The van der Waals surface area contributed by atoms with Crippen LogP contribution >= 0.6 is 0 Å². The van der Waals surface area contributed by atoms with Crippen molar-refractivity contribution in [3.8, 4) is 22.4 Å². The van der Waals surface area contributed by atoms with E-state index in [1.807, 2.05) is 18.2 Å². The Morgan fingerprint density at radius 3 is 2.46 bits per heavy atom. The second-order valence-electron chi connectivity index (χ2n) is 6.18. The van der Waals surface area contributed by atoms with Gasteiger partial charge in [-0.25, -0.2) is 4.57 Å². The van der Waals surface area contributed by atoms with Crippen LogP contribution in [0.2, 0.25) is 0 Å². The molecule has 0 aliphatic carbocycles. The maximum atomic E-state index is 7.86. The van der Waals surface area contributed by atoms with Crippen LogP contribution in [0.1, 0.15) is 6.93 Å². The number of pyridine rings is 1. The molecule has 0 amide bonds. The van der Waals surface area contributed by atoms with E-state index in [0.717, 1.165) is 5.39 Å². The fourth-order valence-corrected chi connectivity index (χ4v) is 3.33. The number of rotatable bonds is 2. The average molecular weight is 311 g/mol. The van der Waals surface area contributed by atoms with E-state index in [9.17, 15) is 0 Å². The molecule has 24 heavy (non-hydrogen) atoms. The first-order chi connectivity index (χ1) is 12.1. The van der Waals surface area contributed by atoms with Gasteiger partial charge in [0.05, 0.1) is 6.76 Å². The van der Waals surface area contributed by atoms with Gasteiger partial charge in [0.1, 0.15) is 7.05 Å². The molecule has 0 spiro atoms. The number of hydrogen-bond acceptors (Lipinski definition) is 0. The van der Waals surface area contributed by atoms with E-state index in [1.165, 1.54) is 33.3 Å². The maximum absolute atomic E-state index is 7.86. The van der Waals surface area contributed by atoms with Crippen molar-refractivity contribution < 1.29 is 5.94 Å². The molecule has 4 rings (SSSR count). The van der Waals surface area contributed by atoms with Crippen LogP contribution in [-0.2, 0) is 7.05 Å². The third-order valence-electron chi connectivity index (χ3n) is 4.57. The zero-order chi connectivity index (χ0) is 17.4. The van der Waals surface area contributed by atoms with E-state index >= 15 is 0 Å². The van der Waals surface area contributed by atoms with Crippen molar-refractivity contribution >= 4 is 10.8 Å². The number of hydrogen-bond donors (Lipinski definition) is 0. The molecule has 0 bridgehead atoms. The molecule has 1 heterocycles. The van der Waals surface area contributed by atoms with Crippen LogP contribution in [0.4, 0.5) is 0 Å². The Labute approximate surface area is 144 Å². The van der Waals surface area contributed by atoms with Crippen LogP contribution in [0.3, 0.4) is 0 Å². The summed E-state index contributed by atoms with van der Waals surface area (Å²) in [4.78, 5) is 0. The molecule has 3 aromatic carbocycles. The summed E-state index contributed by atoms with van der Waals surface area (Å²) in [5.41, 5.74) is 6.14. The Hall–Kier alpha value is -2.93. The number of fused-ring (bicyclic) bond motifs is 1. The van der Waals surface area contributed by atoms with Crippen LogP contribution in [0.5, 0.6) is 0 Å². The third kappa shape index (κ3) is 2.48. The van der Waals surface area contributed by atoms with E-state index in [2.05, 4.69) is 79.3 Å². The summed E-state index contributed by atoms with van der Waals surface area (Å²) in [6, 6.07) is 25.6. The van der Waals surface area contributed by atoms with Gasteiger partial charge in [0.15, 0.2) is 6.20 Å². The molecule has 1 heteroatoms. The van der Waals surface area contributed by atoms with Crippen molar-refractivity contribution in [1.29, 1.82) is 0 Å². The first-order valence-corrected chi connectivity index (χ1v) is 8.19. The number of aromatic nitrogens is 1. The van der Waals surface area contributed by atoms with Crippen molar-refractivity contribution in [2.45, 2.75) is 6.92 Å². The lowest BCUT2D eigenvalue weighted by molar-refractivity contribution is -0.659. The second-order valence-corrected chi connectivity index (χ2v) is 6.18. The Morgan fingerprint density at radius 2 is 1.67 bits per heavy atom. The highest BCUT2D eigenvalue weighted by Gasteiger charge is 2.16. The zero-order valence-corrected chi connectivity index (χ0v) is 14.0. The Kier molecular flexibility index (Phi) is 3.34. The minimum absolute atomic E-state index is 0.545. The molecule has 0 unspecified atom stereocenters. The van der Waals surface area contributed by atoms with Crippen molar-refractivity contribution in [1.82, 2.24) is 0 Å². The van der Waals surface area contributed by atoms with Gasteiger partial charge in [0, 0.05) is 11.6 Å². The molecule has 0 aliphatic heterocycles. The van der Waals surface area contributed by atoms with Crippen molar-refractivity contribution in [2.24, 2.45) is 7.05 Å². The van der Waals surface area contributed by atoms with Gasteiger partial charge in [-0.3, -0.25) is 0 Å². The first-order valence-electron chi connectivity index (χ1n) is 8.69. The van der Waals surface area contributed by atoms with Crippen LogP contribution in [0.15, 0.2) is 85.0 Å². The molecule has 1 aromatic heterocycles. The number of nitrogens with zero attached hydrogens (tertiary/aromatic N) is 1. The molecule has 0 fully saturated rings. The highest BCUT2D eigenvalue weighted by atomic mass is 14.9. The van der Waals surface area contributed by atoms with Gasteiger partial charge in [-0.1, -0.05) is 60.6 Å². The Bertz CT molecular complexity index is 1070. The Balaban J connectivity index is 1.91. The monoisotopic (exact) mass is 311 g/mol. The summed E-state index contributed by atoms with van der Waals surface area (Å²) in [7, 11) is 2.08. The largest absolute Gasteiger partial charge is 0.220 e. The lowest BCUT2D eigenvalue weighted by Crippen LogP contribution is -2.30. The van der Waals surface area contributed by atoms with Gasteiger partial charge in [0.25, 0.3) is 0 Å². The Morgan fingerprint density at radius 1 is 0.833 bits per heavy atom. The third-order valence-corrected chi connectivity index (χ3v) is 4.57. The summed E-state index contributed by atoms with van der Waals surface area (Å²) in [6.45, 7) is 2.17. The fraction of sp³-hybridized carbons (Fsp3) is 0.0870. The second kappa shape index (κ2) is 5.93. The molecular weight excluding hydrogens is 290 g/mol. The predicted molar refractivity (Wildman–Crippen MR) is 101 cm³/mol. The average Bonchev–Trinajstić information content (AvgIpc) is 2.63. The number of aryl methyl sites for hydroxylation is 2. The fourth-order valence-electron chi connectivity index (χ4n) is 3.33. The van der Waals surface area contributed by atoms with E-state index < -0.39 is 0 Å². The minimum Gasteiger partial charge on any atom is -0.200 e. The van der Waals surface area contributed by atoms with Crippen LogP contribution < -0.4 is 4.57 Å². The zero-order valence-electron chi connectivity index (χ0n) is 15.0. The summed E-state index contributed by atoms with van der Waals surface area (Å²) < 4.78 is 10.0. The number of benzene rings is 3. The van der Waals surface area contributed by atoms with Crippen molar-refractivity contribution in [3.63, 3.8) is 0 Å². The van der Waals surface area contributed by atoms with Crippen LogP contribution in [0.25, 0.3) is 33.2 Å². The smallest absolute Gasteiger partial charge is 0.200 e. The van der Waals surface area contributed by atoms with E-state index in [-0.39, 0.29) is 0 Å². The quantitative estimate of drug-likeness (QED) is 0.442. The summed E-state index contributed by atoms with van der Waals surface area (Å²) >= 11 is 0. The predicted octanol–water partition coefficient (Wildman–Crippen LogP) is 5.31. The van der Waals surface area contributed by atoms with E-state index in [1.54, 1.807) is 0 Å². The van der Waals surface area contributed by atoms with Gasteiger partial charge in [-0.2, -0.15) is 0 Å². The van der Waals surface area contributed by atoms with Gasteiger partial charge in [-0.05, 0) is 41.1 Å². The van der Waals surface area contributed by atoms with Gasteiger partial charge >= 0.3 is 0 Å². The molecule has 0 N–H and O–H groups in total. The maximum Gasteiger partial charge on any atom is 0.220 e. The van der Waals surface area contributed by atoms with Crippen LogP contribution in [-0.4, -0.2) is 0 Å². The molecular formula is C23H20N+. The summed E-state index contributed by atoms with van der Waals surface area (Å²) in [6.07, 6.45) is 2.07. The minimum atomic E-state index is 0.545. The van der Waals surface area contributed by atoms with Crippen LogP contribution in [0, 0.1) is 6.92 Å².